The van der Waals surface area contributed by atoms with Crippen molar-refractivity contribution >= 4 is 63.3 Å². The van der Waals surface area contributed by atoms with Gasteiger partial charge in [0.2, 0.25) is 5.91 Å². The highest BCUT2D eigenvalue weighted by atomic mass is 127. The van der Waals surface area contributed by atoms with Gasteiger partial charge >= 0.3 is 5.97 Å². The van der Waals surface area contributed by atoms with Crippen LogP contribution in [0, 0.1) is 5.92 Å². The van der Waals surface area contributed by atoms with Crippen LogP contribution in [0.5, 0.6) is 0 Å². The molecule has 0 bridgehead atoms. The normalized spacial score (nSPS) is 21.9. The van der Waals surface area contributed by atoms with Crippen LogP contribution in [-0.4, -0.2) is 44.7 Å². The summed E-state index contributed by atoms with van der Waals surface area (Å²) in [6.45, 7) is 3.65. The molecule has 2 aliphatic rings. The highest BCUT2D eigenvalue weighted by Gasteiger charge is 2.53. The third-order valence-electron chi connectivity index (χ3n) is 4.24. The Bertz CT molecular complexity index is 759. The summed E-state index contributed by atoms with van der Waals surface area (Å²) in [7, 11) is 0. The van der Waals surface area contributed by atoms with E-state index in [1.54, 1.807) is 23.1 Å². The molecule has 3 heterocycles. The molecule has 0 N–H and O–H groups in total. The predicted octanol–water partition coefficient (Wildman–Crippen LogP) is 3.20. The van der Waals surface area contributed by atoms with Crippen LogP contribution in [0.15, 0.2) is 41.4 Å². The fourth-order valence-electron chi connectivity index (χ4n) is 3.04. The molecule has 3 rings (SSSR count). The monoisotopic (exact) mass is 503 g/mol. The summed E-state index contributed by atoms with van der Waals surface area (Å²) in [6.07, 6.45) is 2.09. The largest absolute Gasteiger partial charge is 0.457 e. The lowest BCUT2D eigenvalue weighted by Gasteiger charge is -2.49. The van der Waals surface area contributed by atoms with Gasteiger partial charge in [-0.2, -0.15) is 0 Å². The molecule has 8 heteroatoms. The Morgan fingerprint density at radius 2 is 2.27 bits per heavy atom. The minimum Gasteiger partial charge on any atom is -0.457 e. The average molecular weight is 503 g/mol. The SMILES string of the molecule is C=CCOC(=O)C1=C(CI)CS[C@@H]2[C@H](CC(=O)Cc3cccs3)C(=O)N12. The van der Waals surface area contributed by atoms with Crippen molar-refractivity contribution < 1.29 is 19.1 Å². The van der Waals surface area contributed by atoms with Crippen molar-refractivity contribution in [1.29, 1.82) is 0 Å². The lowest BCUT2D eigenvalue weighted by atomic mass is 9.90. The molecule has 0 saturated carbocycles. The average Bonchev–Trinajstić information content (AvgIpc) is 3.15. The number of carbonyl (C=O) groups is 3. The van der Waals surface area contributed by atoms with Gasteiger partial charge in [-0.15, -0.1) is 23.1 Å². The van der Waals surface area contributed by atoms with Crippen molar-refractivity contribution in [2.24, 2.45) is 5.92 Å². The van der Waals surface area contributed by atoms with E-state index in [0.29, 0.717) is 22.3 Å². The Balaban J connectivity index is 1.69. The fraction of sp³-hybridized carbons (Fsp3) is 0.389. The minimum absolute atomic E-state index is 0.0606. The highest BCUT2D eigenvalue weighted by Crippen LogP contribution is 2.45. The second-order valence-electron chi connectivity index (χ2n) is 5.99. The van der Waals surface area contributed by atoms with Gasteiger partial charge in [-0.05, 0) is 17.0 Å². The van der Waals surface area contributed by atoms with Gasteiger partial charge < -0.3 is 4.74 Å². The molecule has 0 spiro atoms. The molecule has 5 nitrogen and oxygen atoms in total. The Labute approximate surface area is 174 Å². The summed E-state index contributed by atoms with van der Waals surface area (Å²) in [5.74, 6) is -0.268. The molecule has 138 valence electrons. The predicted molar refractivity (Wildman–Crippen MR) is 111 cm³/mol. The molecule has 1 saturated heterocycles. The molecule has 0 aromatic carbocycles. The number of Topliss-reactive ketones (excluding diaryl/α,β-unsaturated/α-hetero) is 1. The van der Waals surface area contributed by atoms with Crippen LogP contribution in [0.3, 0.4) is 0 Å². The number of nitrogens with zero attached hydrogens (tertiary/aromatic N) is 1. The number of halogens is 1. The van der Waals surface area contributed by atoms with Crippen molar-refractivity contribution in [3.63, 3.8) is 0 Å². The molecule has 0 unspecified atom stereocenters. The molecule has 0 radical (unpaired) electrons. The maximum atomic E-state index is 12.7. The van der Waals surface area contributed by atoms with Gasteiger partial charge in [0.25, 0.3) is 0 Å². The molecule has 26 heavy (non-hydrogen) atoms. The number of β-lactam (4-membered cyclic amide) rings is 1. The second-order valence-corrected chi connectivity index (χ2v) is 8.89. The van der Waals surface area contributed by atoms with Crippen LogP contribution in [0.25, 0.3) is 0 Å². The van der Waals surface area contributed by atoms with Crippen LogP contribution in [0.4, 0.5) is 0 Å². The fourth-order valence-corrected chi connectivity index (χ4v) is 6.18. The molecule has 1 aromatic rings. The number of esters is 1. The third-order valence-corrected chi connectivity index (χ3v) is 7.44. The van der Waals surface area contributed by atoms with E-state index < -0.39 is 5.97 Å². The van der Waals surface area contributed by atoms with Crippen LogP contribution in [-0.2, 0) is 25.5 Å². The first kappa shape index (κ1) is 19.6. The molecule has 1 fully saturated rings. The minimum atomic E-state index is -0.487. The molecule has 0 aliphatic carbocycles. The van der Waals surface area contributed by atoms with Crippen molar-refractivity contribution in [1.82, 2.24) is 4.90 Å². The number of thioether (sulfide) groups is 1. The quantitative estimate of drug-likeness (QED) is 0.179. The van der Waals surface area contributed by atoms with Gasteiger partial charge in [0.15, 0.2) is 0 Å². The van der Waals surface area contributed by atoms with Crippen LogP contribution in [0.1, 0.15) is 11.3 Å². The first-order chi connectivity index (χ1) is 12.6. The second kappa shape index (κ2) is 8.71. The number of ether oxygens (including phenoxy) is 1. The van der Waals surface area contributed by atoms with Gasteiger partial charge in [0.1, 0.15) is 18.1 Å². The van der Waals surface area contributed by atoms with Gasteiger partial charge in [-0.25, -0.2) is 4.79 Å². The number of rotatable bonds is 8. The van der Waals surface area contributed by atoms with Gasteiger partial charge in [-0.3, -0.25) is 14.5 Å². The number of fused-ring (bicyclic) bond motifs is 1. The Hall–Kier alpha value is -1.13. The van der Waals surface area contributed by atoms with Crippen molar-refractivity contribution in [3.8, 4) is 0 Å². The van der Waals surface area contributed by atoms with E-state index >= 15 is 0 Å². The number of hydrogen-bond donors (Lipinski definition) is 0. The molecule has 2 aliphatic heterocycles. The molecule has 1 aromatic heterocycles. The lowest BCUT2D eigenvalue weighted by molar-refractivity contribution is -0.155. The van der Waals surface area contributed by atoms with Crippen molar-refractivity contribution in [2.75, 3.05) is 16.8 Å². The zero-order chi connectivity index (χ0) is 18.7. The first-order valence-corrected chi connectivity index (χ1v) is 11.6. The standard InChI is InChI=1S/C18H18INO4S2/c1-2-5-24-18(23)15-11(9-19)10-26-17-14(16(22)20(15)17)8-12(21)7-13-4-3-6-25-13/h2-4,6,14,17H,1,5,7-10H2/t14-,17-/m1/s1. The summed E-state index contributed by atoms with van der Waals surface area (Å²) in [5, 5.41) is 1.78. The van der Waals surface area contributed by atoms with E-state index in [1.165, 1.54) is 11.0 Å². The first-order valence-electron chi connectivity index (χ1n) is 8.11. The number of alkyl halides is 1. The van der Waals surface area contributed by atoms with Crippen molar-refractivity contribution in [2.45, 2.75) is 18.2 Å². The number of amides is 1. The van der Waals surface area contributed by atoms with E-state index in [-0.39, 0.29) is 36.0 Å². The summed E-state index contributed by atoms with van der Waals surface area (Å²) in [6, 6.07) is 3.84. The molecular formula is C18H18INO4S2. The topological polar surface area (TPSA) is 63.7 Å². The van der Waals surface area contributed by atoms with E-state index in [2.05, 4.69) is 29.2 Å². The van der Waals surface area contributed by atoms with Crippen molar-refractivity contribution in [3.05, 3.63) is 46.3 Å². The Kier molecular flexibility index (Phi) is 6.57. The lowest BCUT2D eigenvalue weighted by Crippen LogP contribution is -2.62. The summed E-state index contributed by atoms with van der Waals surface area (Å²) in [4.78, 5) is 39.9. The highest BCUT2D eigenvalue weighted by molar-refractivity contribution is 14.1. The van der Waals surface area contributed by atoms with Crippen LogP contribution < -0.4 is 0 Å². The summed E-state index contributed by atoms with van der Waals surface area (Å²) < 4.78 is 5.82. The number of thiophene rings is 1. The third kappa shape index (κ3) is 3.91. The summed E-state index contributed by atoms with van der Waals surface area (Å²) >= 11 is 5.35. The maximum absolute atomic E-state index is 12.7. The Morgan fingerprint density at radius 3 is 2.92 bits per heavy atom. The van der Waals surface area contributed by atoms with Crippen LogP contribution >= 0.6 is 45.7 Å². The zero-order valence-corrected chi connectivity index (χ0v) is 17.8. The molecule has 2 atom stereocenters. The van der Waals surface area contributed by atoms with Crippen LogP contribution in [0.2, 0.25) is 0 Å². The smallest absolute Gasteiger partial charge is 0.355 e. The van der Waals surface area contributed by atoms with E-state index in [1.807, 2.05) is 17.5 Å². The van der Waals surface area contributed by atoms with Gasteiger partial charge in [0, 0.05) is 27.9 Å². The number of ketones is 1. The van der Waals surface area contributed by atoms with E-state index in [0.717, 1.165) is 10.5 Å². The summed E-state index contributed by atoms with van der Waals surface area (Å²) in [5.41, 5.74) is 1.26. The molecular weight excluding hydrogens is 485 g/mol. The maximum Gasteiger partial charge on any atom is 0.355 e. The Morgan fingerprint density at radius 1 is 1.46 bits per heavy atom. The number of hydrogen-bond acceptors (Lipinski definition) is 6. The van der Waals surface area contributed by atoms with E-state index in [9.17, 15) is 14.4 Å². The zero-order valence-electron chi connectivity index (χ0n) is 14.0. The van der Waals surface area contributed by atoms with Gasteiger partial charge in [-0.1, -0.05) is 41.3 Å². The van der Waals surface area contributed by atoms with E-state index in [4.69, 9.17) is 4.74 Å². The van der Waals surface area contributed by atoms with Gasteiger partial charge in [0.05, 0.1) is 11.3 Å². The number of carbonyl (C=O) groups excluding carboxylic acids is 3. The molecule has 1 amide bonds.